The van der Waals surface area contributed by atoms with Gasteiger partial charge in [-0.3, -0.25) is 9.69 Å². The van der Waals surface area contributed by atoms with Gasteiger partial charge in [0.15, 0.2) is 0 Å². The lowest BCUT2D eigenvalue weighted by atomic mass is 10.0. The Labute approximate surface area is 130 Å². The van der Waals surface area contributed by atoms with Gasteiger partial charge in [-0.15, -0.1) is 11.3 Å². The number of hydrogen-bond acceptors (Lipinski definition) is 4. The van der Waals surface area contributed by atoms with Gasteiger partial charge in [0.2, 0.25) is 5.91 Å². The summed E-state index contributed by atoms with van der Waals surface area (Å²) < 4.78 is 0. The number of carbonyl (C=O) groups is 1. The molecule has 1 amide bonds. The van der Waals surface area contributed by atoms with E-state index in [0.717, 1.165) is 57.8 Å². The first-order valence-electron chi connectivity index (χ1n) is 7.67. The number of rotatable bonds is 3. The molecule has 3 heterocycles. The van der Waals surface area contributed by atoms with Crippen molar-refractivity contribution in [2.75, 3.05) is 39.3 Å². The fraction of sp³-hybridized carbons (Fsp3) is 0.562. The van der Waals surface area contributed by atoms with E-state index in [1.54, 1.807) is 0 Å². The van der Waals surface area contributed by atoms with Crippen LogP contribution in [0.4, 0.5) is 0 Å². The van der Waals surface area contributed by atoms with Gasteiger partial charge in [-0.1, -0.05) is 6.07 Å². The van der Waals surface area contributed by atoms with Crippen LogP contribution in [-0.4, -0.2) is 55.0 Å². The molecule has 21 heavy (non-hydrogen) atoms. The summed E-state index contributed by atoms with van der Waals surface area (Å²) in [5.74, 6) is 0.240. The first kappa shape index (κ1) is 14.8. The van der Waals surface area contributed by atoms with Crippen molar-refractivity contribution in [3.63, 3.8) is 0 Å². The molecule has 1 aromatic heterocycles. The Morgan fingerprint density at radius 3 is 2.81 bits per heavy atom. The Hall–Kier alpha value is -1.17. The molecule has 114 valence electrons. The summed E-state index contributed by atoms with van der Waals surface area (Å²) in [5, 5.41) is 5.34. The molecule has 4 nitrogen and oxygen atoms in total. The van der Waals surface area contributed by atoms with Gasteiger partial charge in [0, 0.05) is 56.3 Å². The third-order valence-electron chi connectivity index (χ3n) is 4.36. The van der Waals surface area contributed by atoms with Crippen molar-refractivity contribution in [1.29, 1.82) is 0 Å². The number of carbonyl (C=O) groups excluding carboxylic acids is 1. The molecule has 0 aliphatic carbocycles. The molecule has 0 unspecified atom stereocenters. The average molecular weight is 305 g/mol. The predicted octanol–water partition coefficient (Wildman–Crippen LogP) is 1.70. The van der Waals surface area contributed by atoms with E-state index < -0.39 is 0 Å². The zero-order chi connectivity index (χ0) is 14.7. The molecule has 0 saturated carbocycles. The molecule has 0 aromatic carbocycles. The van der Waals surface area contributed by atoms with Gasteiger partial charge in [0.25, 0.3) is 0 Å². The van der Waals surface area contributed by atoms with E-state index in [1.165, 1.54) is 10.5 Å². The van der Waals surface area contributed by atoms with Crippen molar-refractivity contribution in [2.24, 2.45) is 0 Å². The number of thiophene rings is 1. The van der Waals surface area contributed by atoms with Crippen molar-refractivity contribution < 1.29 is 4.79 Å². The number of nitrogens with one attached hydrogen (secondary N) is 1. The largest absolute Gasteiger partial charge is 0.338 e. The highest BCUT2D eigenvalue weighted by molar-refractivity contribution is 7.09. The summed E-state index contributed by atoms with van der Waals surface area (Å²) >= 11 is 1.81. The second kappa shape index (κ2) is 6.73. The van der Waals surface area contributed by atoms with E-state index in [9.17, 15) is 4.79 Å². The number of hydrogen-bond donors (Lipinski definition) is 1. The first-order valence-corrected chi connectivity index (χ1v) is 8.55. The SMILES string of the molecule is CC(C(=O)N1CCCN(Cc2cccs2)CC1)=C1CNC1. The van der Waals surface area contributed by atoms with Crippen LogP contribution < -0.4 is 5.32 Å². The molecular formula is C16H23N3OS. The maximum Gasteiger partial charge on any atom is 0.249 e. The third-order valence-corrected chi connectivity index (χ3v) is 5.22. The molecule has 3 rings (SSSR count). The van der Waals surface area contributed by atoms with Crippen LogP contribution in [0.5, 0.6) is 0 Å². The van der Waals surface area contributed by atoms with E-state index in [1.807, 2.05) is 23.2 Å². The highest BCUT2D eigenvalue weighted by Crippen LogP contribution is 2.16. The molecule has 1 N–H and O–H groups in total. The van der Waals surface area contributed by atoms with Gasteiger partial charge in [-0.25, -0.2) is 0 Å². The van der Waals surface area contributed by atoms with E-state index in [4.69, 9.17) is 0 Å². The molecule has 5 heteroatoms. The summed E-state index contributed by atoms with van der Waals surface area (Å²) in [7, 11) is 0. The van der Waals surface area contributed by atoms with Crippen LogP contribution in [0, 0.1) is 0 Å². The summed E-state index contributed by atoms with van der Waals surface area (Å²) in [6, 6.07) is 4.30. The van der Waals surface area contributed by atoms with E-state index in [0.29, 0.717) is 0 Å². The Balaban J connectivity index is 1.56. The molecule has 0 radical (unpaired) electrons. The van der Waals surface area contributed by atoms with Crippen molar-refractivity contribution in [3.05, 3.63) is 33.5 Å². The molecule has 2 saturated heterocycles. The smallest absolute Gasteiger partial charge is 0.249 e. The highest BCUT2D eigenvalue weighted by Gasteiger charge is 2.23. The van der Waals surface area contributed by atoms with Gasteiger partial charge in [-0.2, -0.15) is 0 Å². The quantitative estimate of drug-likeness (QED) is 0.864. The van der Waals surface area contributed by atoms with Crippen molar-refractivity contribution in [2.45, 2.75) is 19.9 Å². The zero-order valence-corrected chi connectivity index (χ0v) is 13.4. The van der Waals surface area contributed by atoms with Gasteiger partial charge < -0.3 is 10.2 Å². The summed E-state index contributed by atoms with van der Waals surface area (Å²) in [5.41, 5.74) is 2.24. The van der Waals surface area contributed by atoms with E-state index in [2.05, 4.69) is 27.7 Å². The van der Waals surface area contributed by atoms with Crippen LogP contribution in [0.15, 0.2) is 28.7 Å². The third kappa shape index (κ3) is 3.54. The molecule has 2 aliphatic rings. The van der Waals surface area contributed by atoms with Crippen LogP contribution in [0.1, 0.15) is 18.2 Å². The Morgan fingerprint density at radius 2 is 2.14 bits per heavy atom. The summed E-state index contributed by atoms with van der Waals surface area (Å²) in [6.45, 7) is 8.56. The number of nitrogens with zero attached hydrogens (tertiary/aromatic N) is 2. The fourth-order valence-corrected chi connectivity index (χ4v) is 3.60. The lowest BCUT2D eigenvalue weighted by molar-refractivity contribution is -0.127. The van der Waals surface area contributed by atoms with Gasteiger partial charge >= 0.3 is 0 Å². The predicted molar refractivity (Wildman–Crippen MR) is 86.4 cm³/mol. The maximum absolute atomic E-state index is 12.5. The topological polar surface area (TPSA) is 35.6 Å². The van der Waals surface area contributed by atoms with Crippen LogP contribution in [0.2, 0.25) is 0 Å². The van der Waals surface area contributed by atoms with Crippen molar-refractivity contribution in [3.8, 4) is 0 Å². The lowest BCUT2D eigenvalue weighted by Gasteiger charge is -2.26. The van der Waals surface area contributed by atoms with Gasteiger partial charge in [0.05, 0.1) is 0 Å². The Bertz CT molecular complexity index is 518. The Kier molecular flexibility index (Phi) is 4.73. The fourth-order valence-electron chi connectivity index (χ4n) is 2.86. The average Bonchev–Trinajstić information content (AvgIpc) is 2.81. The molecule has 1 aromatic rings. The minimum atomic E-state index is 0.240. The number of amides is 1. The maximum atomic E-state index is 12.5. The summed E-state index contributed by atoms with van der Waals surface area (Å²) in [6.07, 6.45) is 1.07. The van der Waals surface area contributed by atoms with E-state index in [-0.39, 0.29) is 5.91 Å². The molecule has 0 atom stereocenters. The van der Waals surface area contributed by atoms with Gasteiger partial charge in [0.1, 0.15) is 0 Å². The second-order valence-corrected chi connectivity index (χ2v) is 6.87. The van der Waals surface area contributed by atoms with Crippen LogP contribution in [0.25, 0.3) is 0 Å². The van der Waals surface area contributed by atoms with E-state index >= 15 is 0 Å². The van der Waals surface area contributed by atoms with Gasteiger partial charge in [-0.05, 0) is 30.4 Å². The van der Waals surface area contributed by atoms with Crippen LogP contribution in [0.3, 0.4) is 0 Å². The molecule has 0 spiro atoms. The molecule has 2 aliphatic heterocycles. The van der Waals surface area contributed by atoms with Crippen molar-refractivity contribution in [1.82, 2.24) is 15.1 Å². The normalized spacial score (nSPS) is 20.0. The molecule has 2 fully saturated rings. The summed E-state index contributed by atoms with van der Waals surface area (Å²) in [4.78, 5) is 18.4. The van der Waals surface area contributed by atoms with Crippen LogP contribution in [-0.2, 0) is 11.3 Å². The molecule has 0 bridgehead atoms. The highest BCUT2D eigenvalue weighted by atomic mass is 32.1. The second-order valence-electron chi connectivity index (χ2n) is 5.83. The van der Waals surface area contributed by atoms with Crippen molar-refractivity contribution >= 4 is 17.2 Å². The standard InChI is InChI=1S/C16H23N3OS/c1-13(14-10-17-11-14)16(20)19-6-3-5-18(7-8-19)12-15-4-2-9-21-15/h2,4,9,17H,3,5-8,10-12H2,1H3. The van der Waals surface area contributed by atoms with Crippen LogP contribution >= 0.6 is 11.3 Å². The Morgan fingerprint density at radius 1 is 1.29 bits per heavy atom. The minimum absolute atomic E-state index is 0.240. The monoisotopic (exact) mass is 305 g/mol. The molecular weight excluding hydrogens is 282 g/mol. The lowest BCUT2D eigenvalue weighted by Crippen LogP contribution is -2.40. The zero-order valence-electron chi connectivity index (χ0n) is 12.6. The first-order chi connectivity index (χ1) is 10.2. The minimum Gasteiger partial charge on any atom is -0.338 e.